The lowest BCUT2D eigenvalue weighted by atomic mass is 10.00. The SMILES string of the molecule is Cc1ccc(OCC(=O)NC(C)c2cc(C)ccc2C)c(C)c1. The minimum absolute atomic E-state index is 0.0269. The summed E-state index contributed by atoms with van der Waals surface area (Å²) in [7, 11) is 0. The maximum absolute atomic E-state index is 12.1. The highest BCUT2D eigenvalue weighted by Gasteiger charge is 2.13. The lowest BCUT2D eigenvalue weighted by molar-refractivity contribution is -0.123. The molecule has 2 aromatic carbocycles. The first-order valence-corrected chi connectivity index (χ1v) is 7.93. The Morgan fingerprint density at radius 3 is 2.35 bits per heavy atom. The van der Waals surface area contributed by atoms with Gasteiger partial charge in [-0.2, -0.15) is 0 Å². The second-order valence-electron chi connectivity index (χ2n) is 6.21. The number of carbonyl (C=O) groups excluding carboxylic acids is 1. The van der Waals surface area contributed by atoms with Gasteiger partial charge in [0.1, 0.15) is 5.75 Å². The van der Waals surface area contributed by atoms with E-state index in [1.165, 1.54) is 16.7 Å². The predicted molar refractivity (Wildman–Crippen MR) is 93.9 cm³/mol. The molecular weight excluding hydrogens is 286 g/mol. The van der Waals surface area contributed by atoms with Gasteiger partial charge in [0.05, 0.1) is 6.04 Å². The van der Waals surface area contributed by atoms with Crippen molar-refractivity contribution in [1.29, 1.82) is 0 Å². The number of benzene rings is 2. The quantitative estimate of drug-likeness (QED) is 0.899. The summed E-state index contributed by atoms with van der Waals surface area (Å²) in [4.78, 5) is 12.1. The molecule has 3 nitrogen and oxygen atoms in total. The number of rotatable bonds is 5. The molecule has 122 valence electrons. The molecular formula is C20H25NO2. The zero-order valence-electron chi connectivity index (χ0n) is 14.6. The number of aryl methyl sites for hydroxylation is 4. The van der Waals surface area contributed by atoms with Gasteiger partial charge in [0.15, 0.2) is 6.61 Å². The Balaban J connectivity index is 1.95. The molecule has 0 spiro atoms. The van der Waals surface area contributed by atoms with Crippen LogP contribution in [0.4, 0.5) is 0 Å². The van der Waals surface area contributed by atoms with Crippen LogP contribution in [0, 0.1) is 27.7 Å². The average Bonchev–Trinajstić information content (AvgIpc) is 2.48. The van der Waals surface area contributed by atoms with E-state index in [1.54, 1.807) is 0 Å². The number of carbonyl (C=O) groups is 1. The molecule has 0 heterocycles. The van der Waals surface area contributed by atoms with Crippen molar-refractivity contribution in [2.45, 2.75) is 40.7 Å². The van der Waals surface area contributed by atoms with Crippen LogP contribution >= 0.6 is 0 Å². The van der Waals surface area contributed by atoms with Gasteiger partial charge in [0, 0.05) is 0 Å². The van der Waals surface area contributed by atoms with Gasteiger partial charge in [-0.05, 0) is 57.4 Å². The molecule has 0 aliphatic carbocycles. The summed E-state index contributed by atoms with van der Waals surface area (Å²) in [6, 6.07) is 12.2. The summed E-state index contributed by atoms with van der Waals surface area (Å²) in [5, 5.41) is 3.00. The molecule has 0 aromatic heterocycles. The second-order valence-corrected chi connectivity index (χ2v) is 6.21. The molecule has 2 rings (SSSR count). The first-order chi connectivity index (χ1) is 10.9. The Kier molecular flexibility index (Phi) is 5.43. The third-order valence-corrected chi connectivity index (χ3v) is 3.97. The Hall–Kier alpha value is -2.29. The monoisotopic (exact) mass is 311 g/mol. The molecule has 1 unspecified atom stereocenters. The lowest BCUT2D eigenvalue weighted by Crippen LogP contribution is -2.31. The van der Waals surface area contributed by atoms with E-state index in [1.807, 2.05) is 39.0 Å². The Bertz CT molecular complexity index is 707. The third kappa shape index (κ3) is 4.59. The summed E-state index contributed by atoms with van der Waals surface area (Å²) in [5.41, 5.74) is 5.74. The van der Waals surface area contributed by atoms with Crippen LogP contribution in [0.5, 0.6) is 5.75 Å². The van der Waals surface area contributed by atoms with Gasteiger partial charge in [-0.1, -0.05) is 41.5 Å². The van der Waals surface area contributed by atoms with E-state index < -0.39 is 0 Å². The van der Waals surface area contributed by atoms with Gasteiger partial charge < -0.3 is 10.1 Å². The van der Waals surface area contributed by atoms with E-state index in [0.29, 0.717) is 0 Å². The molecule has 0 saturated carbocycles. The van der Waals surface area contributed by atoms with Crippen molar-refractivity contribution in [1.82, 2.24) is 5.32 Å². The molecule has 0 fully saturated rings. The van der Waals surface area contributed by atoms with Gasteiger partial charge in [-0.3, -0.25) is 4.79 Å². The van der Waals surface area contributed by atoms with Gasteiger partial charge in [-0.25, -0.2) is 0 Å². The molecule has 23 heavy (non-hydrogen) atoms. The first kappa shape index (κ1) is 17.1. The number of hydrogen-bond acceptors (Lipinski definition) is 2. The fourth-order valence-corrected chi connectivity index (χ4v) is 2.69. The van der Waals surface area contributed by atoms with Crippen LogP contribution in [0.25, 0.3) is 0 Å². The largest absolute Gasteiger partial charge is 0.484 e. The molecule has 0 radical (unpaired) electrons. The van der Waals surface area contributed by atoms with Crippen molar-refractivity contribution in [3.63, 3.8) is 0 Å². The minimum atomic E-state index is -0.113. The summed E-state index contributed by atoms with van der Waals surface area (Å²) in [6.45, 7) is 10.2. The number of hydrogen-bond donors (Lipinski definition) is 1. The predicted octanol–water partition coefficient (Wildman–Crippen LogP) is 4.18. The molecule has 1 N–H and O–H groups in total. The van der Waals surface area contributed by atoms with Crippen LogP contribution in [-0.2, 0) is 4.79 Å². The van der Waals surface area contributed by atoms with Crippen LogP contribution in [-0.4, -0.2) is 12.5 Å². The Morgan fingerprint density at radius 1 is 1.00 bits per heavy atom. The molecule has 0 saturated heterocycles. The molecule has 2 aromatic rings. The van der Waals surface area contributed by atoms with Crippen LogP contribution in [0.3, 0.4) is 0 Å². The van der Waals surface area contributed by atoms with Gasteiger partial charge >= 0.3 is 0 Å². The maximum Gasteiger partial charge on any atom is 0.258 e. The van der Waals surface area contributed by atoms with Crippen molar-refractivity contribution in [3.05, 3.63) is 64.2 Å². The average molecular weight is 311 g/mol. The maximum atomic E-state index is 12.1. The van der Waals surface area contributed by atoms with E-state index in [0.717, 1.165) is 16.9 Å². The highest BCUT2D eigenvalue weighted by Crippen LogP contribution is 2.20. The summed E-state index contributed by atoms with van der Waals surface area (Å²) >= 11 is 0. The normalized spacial score (nSPS) is 11.9. The highest BCUT2D eigenvalue weighted by molar-refractivity contribution is 5.78. The lowest BCUT2D eigenvalue weighted by Gasteiger charge is -2.18. The fourth-order valence-electron chi connectivity index (χ4n) is 2.69. The molecule has 0 bridgehead atoms. The summed E-state index contributed by atoms with van der Waals surface area (Å²) < 4.78 is 5.63. The second kappa shape index (κ2) is 7.32. The number of ether oxygens (including phenoxy) is 1. The van der Waals surface area contributed by atoms with Crippen molar-refractivity contribution in [2.24, 2.45) is 0 Å². The van der Waals surface area contributed by atoms with E-state index in [9.17, 15) is 4.79 Å². The van der Waals surface area contributed by atoms with Crippen molar-refractivity contribution >= 4 is 5.91 Å². The minimum Gasteiger partial charge on any atom is -0.484 e. The molecule has 0 aliphatic rings. The number of amides is 1. The van der Waals surface area contributed by atoms with Crippen molar-refractivity contribution in [2.75, 3.05) is 6.61 Å². The molecule has 1 atom stereocenters. The van der Waals surface area contributed by atoms with E-state index in [2.05, 4.69) is 37.4 Å². The van der Waals surface area contributed by atoms with Crippen LogP contribution < -0.4 is 10.1 Å². The smallest absolute Gasteiger partial charge is 0.258 e. The standard InChI is InChI=1S/C20H25NO2/c1-13-7-9-19(16(4)10-13)23-12-20(22)21-17(5)18-11-14(2)6-8-15(18)3/h6-11,17H,12H2,1-5H3,(H,21,22). The third-order valence-electron chi connectivity index (χ3n) is 3.97. The fraction of sp³-hybridized carbons (Fsp3) is 0.350. The van der Waals surface area contributed by atoms with Gasteiger partial charge in [0.25, 0.3) is 5.91 Å². The Morgan fingerprint density at radius 2 is 1.65 bits per heavy atom. The van der Waals surface area contributed by atoms with Crippen LogP contribution in [0.15, 0.2) is 36.4 Å². The van der Waals surface area contributed by atoms with Crippen LogP contribution in [0.2, 0.25) is 0 Å². The van der Waals surface area contributed by atoms with Crippen molar-refractivity contribution in [3.8, 4) is 5.75 Å². The highest BCUT2D eigenvalue weighted by atomic mass is 16.5. The number of nitrogens with one attached hydrogen (secondary N) is 1. The van der Waals surface area contributed by atoms with Crippen LogP contribution in [0.1, 0.15) is 40.8 Å². The zero-order valence-corrected chi connectivity index (χ0v) is 14.6. The summed E-state index contributed by atoms with van der Waals surface area (Å²) in [6.07, 6.45) is 0. The van der Waals surface area contributed by atoms with Gasteiger partial charge in [-0.15, -0.1) is 0 Å². The van der Waals surface area contributed by atoms with E-state index in [-0.39, 0.29) is 18.6 Å². The molecule has 3 heteroatoms. The van der Waals surface area contributed by atoms with E-state index in [4.69, 9.17) is 4.74 Å². The molecule has 1 amide bonds. The topological polar surface area (TPSA) is 38.3 Å². The molecule has 0 aliphatic heterocycles. The van der Waals surface area contributed by atoms with Crippen molar-refractivity contribution < 1.29 is 9.53 Å². The zero-order chi connectivity index (χ0) is 17.0. The van der Waals surface area contributed by atoms with Gasteiger partial charge in [0.2, 0.25) is 0 Å². The first-order valence-electron chi connectivity index (χ1n) is 7.93. The van der Waals surface area contributed by atoms with E-state index >= 15 is 0 Å². The summed E-state index contributed by atoms with van der Waals surface area (Å²) in [5.74, 6) is 0.642. The Labute approximate surface area is 138 Å².